The van der Waals surface area contributed by atoms with Gasteiger partial charge in [0.2, 0.25) is 5.89 Å². The molecule has 0 unspecified atom stereocenters. The molecule has 0 N–H and O–H groups in total. The van der Waals surface area contributed by atoms with Gasteiger partial charge in [-0.3, -0.25) is 4.79 Å². The van der Waals surface area contributed by atoms with Gasteiger partial charge in [-0.25, -0.2) is 4.98 Å². The Morgan fingerprint density at radius 3 is 2.38 bits per heavy atom. The number of rotatable bonds is 6. The maximum absolute atomic E-state index is 13.3. The molecular weight excluding hydrogens is 324 g/mol. The van der Waals surface area contributed by atoms with Crippen LogP contribution in [0.15, 0.2) is 77.7 Å². The lowest BCUT2D eigenvalue weighted by Crippen LogP contribution is -2.31. The number of amides is 1. The molecule has 3 aromatic rings. The molecule has 1 aliphatic carbocycles. The molecule has 0 bridgehead atoms. The largest absolute Gasteiger partial charge is 0.440 e. The van der Waals surface area contributed by atoms with Crippen LogP contribution in [0.5, 0.6) is 0 Å². The molecule has 1 heterocycles. The molecule has 2 aromatic carbocycles. The van der Waals surface area contributed by atoms with Gasteiger partial charge in [0.15, 0.2) is 5.69 Å². The van der Waals surface area contributed by atoms with Crippen molar-refractivity contribution in [3.8, 4) is 11.5 Å². The molecule has 0 spiro atoms. The van der Waals surface area contributed by atoms with Crippen LogP contribution in [-0.2, 0) is 0 Å². The van der Waals surface area contributed by atoms with Gasteiger partial charge in [-0.1, -0.05) is 42.5 Å². The fraction of sp³-hybridized carbons (Fsp3) is 0.182. The second-order valence-corrected chi connectivity index (χ2v) is 6.41. The van der Waals surface area contributed by atoms with Crippen LogP contribution in [0.3, 0.4) is 0 Å². The number of hydrogen-bond acceptors (Lipinski definition) is 3. The van der Waals surface area contributed by atoms with Gasteiger partial charge >= 0.3 is 0 Å². The number of oxazole rings is 1. The predicted molar refractivity (Wildman–Crippen MR) is 102 cm³/mol. The van der Waals surface area contributed by atoms with Gasteiger partial charge in [-0.05, 0) is 37.1 Å². The zero-order valence-electron chi connectivity index (χ0n) is 14.5. The molecule has 4 rings (SSSR count). The van der Waals surface area contributed by atoms with E-state index in [9.17, 15) is 4.79 Å². The predicted octanol–water partition coefficient (Wildman–Crippen LogP) is 5.05. The maximum Gasteiger partial charge on any atom is 0.280 e. The third-order valence-corrected chi connectivity index (χ3v) is 4.45. The lowest BCUT2D eigenvalue weighted by Gasteiger charge is -2.20. The van der Waals surface area contributed by atoms with Crippen molar-refractivity contribution in [1.29, 1.82) is 0 Å². The number of nitrogens with zero attached hydrogens (tertiary/aromatic N) is 2. The summed E-state index contributed by atoms with van der Waals surface area (Å²) < 4.78 is 6.03. The van der Waals surface area contributed by atoms with E-state index in [-0.39, 0.29) is 5.91 Å². The smallest absolute Gasteiger partial charge is 0.280 e. The average Bonchev–Trinajstić information content (AvgIpc) is 3.45. The Morgan fingerprint density at radius 2 is 1.77 bits per heavy atom. The SMILES string of the molecule is C=CCN(C(=O)c1nc(-c2ccccc2)oc1C1CC1)c1ccccc1. The molecule has 0 atom stereocenters. The van der Waals surface area contributed by atoms with E-state index in [0.717, 1.165) is 24.1 Å². The molecule has 1 aromatic heterocycles. The second-order valence-electron chi connectivity index (χ2n) is 6.41. The normalized spacial score (nSPS) is 13.4. The number of para-hydroxylation sites is 1. The first-order chi connectivity index (χ1) is 12.8. The van der Waals surface area contributed by atoms with Crippen LogP contribution in [0.4, 0.5) is 5.69 Å². The van der Waals surface area contributed by atoms with Gasteiger partial charge in [0.25, 0.3) is 5.91 Å². The molecule has 0 saturated heterocycles. The Morgan fingerprint density at radius 1 is 1.12 bits per heavy atom. The summed E-state index contributed by atoms with van der Waals surface area (Å²) in [4.78, 5) is 19.6. The molecule has 1 amide bonds. The molecule has 4 nitrogen and oxygen atoms in total. The summed E-state index contributed by atoms with van der Waals surface area (Å²) in [5, 5.41) is 0. The summed E-state index contributed by atoms with van der Waals surface area (Å²) in [5.74, 6) is 1.35. The van der Waals surface area contributed by atoms with E-state index in [4.69, 9.17) is 4.42 Å². The highest BCUT2D eigenvalue weighted by Crippen LogP contribution is 2.43. The Hall–Kier alpha value is -3.14. The first-order valence-corrected chi connectivity index (χ1v) is 8.82. The summed E-state index contributed by atoms with van der Waals surface area (Å²) in [7, 11) is 0. The molecule has 1 aliphatic rings. The van der Waals surface area contributed by atoms with Crippen LogP contribution in [0.1, 0.15) is 35.0 Å². The number of anilines is 1. The van der Waals surface area contributed by atoms with Crippen molar-refractivity contribution in [2.24, 2.45) is 0 Å². The highest BCUT2D eigenvalue weighted by molar-refractivity contribution is 6.06. The Kier molecular flexibility index (Phi) is 4.40. The van der Waals surface area contributed by atoms with Crippen molar-refractivity contribution in [1.82, 2.24) is 4.98 Å². The van der Waals surface area contributed by atoms with E-state index in [0.29, 0.717) is 29.8 Å². The monoisotopic (exact) mass is 344 g/mol. The molecule has 4 heteroatoms. The fourth-order valence-corrected chi connectivity index (χ4v) is 2.98. The van der Waals surface area contributed by atoms with E-state index >= 15 is 0 Å². The average molecular weight is 344 g/mol. The number of benzene rings is 2. The van der Waals surface area contributed by atoms with Gasteiger partial charge in [0.05, 0.1) is 0 Å². The van der Waals surface area contributed by atoms with Gasteiger partial charge in [-0.15, -0.1) is 6.58 Å². The summed E-state index contributed by atoms with van der Waals surface area (Å²) in [6.45, 7) is 4.20. The van der Waals surface area contributed by atoms with Crippen molar-refractivity contribution in [3.63, 3.8) is 0 Å². The van der Waals surface area contributed by atoms with Crippen LogP contribution in [-0.4, -0.2) is 17.4 Å². The molecule has 1 fully saturated rings. The summed E-state index contributed by atoms with van der Waals surface area (Å²) in [6.07, 6.45) is 3.80. The van der Waals surface area contributed by atoms with Crippen LogP contribution >= 0.6 is 0 Å². The fourth-order valence-electron chi connectivity index (χ4n) is 2.98. The van der Waals surface area contributed by atoms with Crippen molar-refractivity contribution < 1.29 is 9.21 Å². The van der Waals surface area contributed by atoms with Crippen molar-refractivity contribution >= 4 is 11.6 Å². The van der Waals surface area contributed by atoms with Gasteiger partial charge < -0.3 is 9.32 Å². The molecule has 0 radical (unpaired) electrons. The Bertz CT molecular complexity index is 912. The van der Waals surface area contributed by atoms with Gasteiger partial charge in [-0.2, -0.15) is 0 Å². The minimum Gasteiger partial charge on any atom is -0.440 e. The minimum atomic E-state index is -0.149. The highest BCUT2D eigenvalue weighted by Gasteiger charge is 2.35. The van der Waals surface area contributed by atoms with Crippen LogP contribution < -0.4 is 4.90 Å². The third-order valence-electron chi connectivity index (χ3n) is 4.45. The molecule has 0 aliphatic heterocycles. The zero-order valence-corrected chi connectivity index (χ0v) is 14.5. The van der Waals surface area contributed by atoms with E-state index in [1.807, 2.05) is 60.7 Å². The maximum atomic E-state index is 13.3. The summed E-state index contributed by atoms with van der Waals surface area (Å²) in [5.41, 5.74) is 2.11. The molecule has 130 valence electrons. The topological polar surface area (TPSA) is 46.3 Å². The molecule has 1 saturated carbocycles. The van der Waals surface area contributed by atoms with Gasteiger partial charge in [0, 0.05) is 23.7 Å². The Labute approximate surface area is 152 Å². The van der Waals surface area contributed by atoms with Crippen LogP contribution in [0, 0.1) is 0 Å². The van der Waals surface area contributed by atoms with E-state index in [1.165, 1.54) is 0 Å². The highest BCUT2D eigenvalue weighted by atomic mass is 16.4. The second kappa shape index (κ2) is 7.00. The van der Waals surface area contributed by atoms with Crippen LogP contribution in [0.25, 0.3) is 11.5 Å². The molecule has 26 heavy (non-hydrogen) atoms. The first-order valence-electron chi connectivity index (χ1n) is 8.82. The van der Waals surface area contributed by atoms with Crippen LogP contribution in [0.2, 0.25) is 0 Å². The van der Waals surface area contributed by atoms with Crippen molar-refractivity contribution in [2.45, 2.75) is 18.8 Å². The van der Waals surface area contributed by atoms with E-state index in [1.54, 1.807) is 11.0 Å². The van der Waals surface area contributed by atoms with E-state index in [2.05, 4.69) is 11.6 Å². The minimum absolute atomic E-state index is 0.149. The third kappa shape index (κ3) is 3.18. The van der Waals surface area contributed by atoms with E-state index < -0.39 is 0 Å². The van der Waals surface area contributed by atoms with Crippen molar-refractivity contribution in [3.05, 3.63) is 84.8 Å². The number of aromatic nitrogens is 1. The Balaban J connectivity index is 1.74. The number of hydrogen-bond donors (Lipinski definition) is 0. The standard InChI is InChI=1S/C22H20N2O2/c1-2-15-24(18-11-7-4-8-12-18)22(25)19-20(16-13-14-16)26-21(23-19)17-9-5-3-6-10-17/h2-12,16H,1,13-15H2. The zero-order chi connectivity index (χ0) is 17.9. The lowest BCUT2D eigenvalue weighted by atomic mass is 10.2. The number of carbonyl (C=O) groups excluding carboxylic acids is 1. The quantitative estimate of drug-likeness (QED) is 0.588. The first kappa shape index (κ1) is 16.3. The number of carbonyl (C=O) groups is 1. The summed E-state index contributed by atoms with van der Waals surface area (Å²) >= 11 is 0. The molecular formula is C22H20N2O2. The lowest BCUT2D eigenvalue weighted by molar-refractivity contribution is 0.0983. The van der Waals surface area contributed by atoms with Gasteiger partial charge in [0.1, 0.15) is 5.76 Å². The van der Waals surface area contributed by atoms with Crippen molar-refractivity contribution in [2.75, 3.05) is 11.4 Å². The summed E-state index contributed by atoms with van der Waals surface area (Å²) in [6, 6.07) is 19.3.